The standard InChI is InChI=1S/C16H22BrFN2O/c1-3-19(4-2)12-8-10-20(11-9-12)16(21)13-6-5-7-14(17)15(13)18/h5-7,12H,3-4,8-11H2,1-2H3. The first-order chi connectivity index (χ1) is 10.1. The number of hydrogen-bond acceptors (Lipinski definition) is 2. The molecule has 0 bridgehead atoms. The Morgan fingerprint density at radius 1 is 1.33 bits per heavy atom. The molecule has 1 aliphatic rings. The Morgan fingerprint density at radius 3 is 2.52 bits per heavy atom. The number of rotatable bonds is 4. The number of carbonyl (C=O) groups is 1. The predicted molar refractivity (Wildman–Crippen MR) is 85.9 cm³/mol. The summed E-state index contributed by atoms with van der Waals surface area (Å²) in [6.45, 7) is 7.80. The van der Waals surface area contributed by atoms with E-state index in [1.807, 2.05) is 0 Å². The molecular weight excluding hydrogens is 335 g/mol. The van der Waals surface area contributed by atoms with Crippen molar-refractivity contribution in [3.63, 3.8) is 0 Å². The van der Waals surface area contributed by atoms with E-state index in [2.05, 4.69) is 34.7 Å². The number of carbonyl (C=O) groups excluding carboxylic acids is 1. The van der Waals surface area contributed by atoms with Gasteiger partial charge in [0.15, 0.2) is 0 Å². The molecule has 1 heterocycles. The van der Waals surface area contributed by atoms with E-state index in [1.54, 1.807) is 23.1 Å². The lowest BCUT2D eigenvalue weighted by molar-refractivity contribution is 0.0627. The zero-order chi connectivity index (χ0) is 15.4. The molecule has 5 heteroatoms. The van der Waals surface area contributed by atoms with Crippen LogP contribution < -0.4 is 0 Å². The Balaban J connectivity index is 2.02. The van der Waals surface area contributed by atoms with Gasteiger partial charge in [0.2, 0.25) is 0 Å². The molecule has 2 rings (SSSR count). The number of piperidine rings is 1. The minimum atomic E-state index is -0.464. The van der Waals surface area contributed by atoms with E-state index in [0.29, 0.717) is 23.6 Å². The molecule has 3 nitrogen and oxygen atoms in total. The molecule has 0 aliphatic carbocycles. The molecular formula is C16H22BrFN2O. The second-order valence-electron chi connectivity index (χ2n) is 5.35. The molecule has 116 valence electrons. The highest BCUT2D eigenvalue weighted by Crippen LogP contribution is 2.22. The van der Waals surface area contributed by atoms with Crippen molar-refractivity contribution in [2.75, 3.05) is 26.2 Å². The summed E-state index contributed by atoms with van der Waals surface area (Å²) in [5, 5.41) is 0. The van der Waals surface area contributed by atoms with Crippen LogP contribution in [0.25, 0.3) is 0 Å². The van der Waals surface area contributed by atoms with Crippen molar-refractivity contribution in [3.8, 4) is 0 Å². The first kappa shape index (κ1) is 16.4. The first-order valence-electron chi connectivity index (χ1n) is 7.55. The summed E-state index contributed by atoms with van der Waals surface area (Å²) < 4.78 is 14.4. The number of likely N-dealkylation sites (tertiary alicyclic amines) is 1. The lowest BCUT2D eigenvalue weighted by atomic mass is 10.0. The van der Waals surface area contributed by atoms with Crippen molar-refractivity contribution in [3.05, 3.63) is 34.1 Å². The fourth-order valence-electron chi connectivity index (χ4n) is 3.01. The molecule has 1 aliphatic heterocycles. The molecule has 0 N–H and O–H groups in total. The van der Waals surface area contributed by atoms with Gasteiger partial charge in [0.1, 0.15) is 5.82 Å². The molecule has 1 amide bonds. The van der Waals surface area contributed by atoms with Gasteiger partial charge in [-0.3, -0.25) is 4.79 Å². The second kappa shape index (κ2) is 7.36. The van der Waals surface area contributed by atoms with Gasteiger partial charge in [0.05, 0.1) is 10.0 Å². The molecule has 0 unspecified atom stereocenters. The molecule has 0 radical (unpaired) electrons. The highest BCUT2D eigenvalue weighted by molar-refractivity contribution is 9.10. The summed E-state index contributed by atoms with van der Waals surface area (Å²) in [4.78, 5) is 16.6. The van der Waals surface area contributed by atoms with Crippen molar-refractivity contribution in [2.24, 2.45) is 0 Å². The Kier molecular flexibility index (Phi) is 5.76. The van der Waals surface area contributed by atoms with E-state index < -0.39 is 5.82 Å². The van der Waals surface area contributed by atoms with Crippen molar-refractivity contribution < 1.29 is 9.18 Å². The Labute approximate surface area is 134 Å². The van der Waals surface area contributed by atoms with E-state index in [4.69, 9.17) is 0 Å². The Morgan fingerprint density at radius 2 is 1.95 bits per heavy atom. The lowest BCUT2D eigenvalue weighted by Gasteiger charge is -2.37. The minimum Gasteiger partial charge on any atom is -0.338 e. The summed E-state index contributed by atoms with van der Waals surface area (Å²) in [5.74, 6) is -0.667. The summed E-state index contributed by atoms with van der Waals surface area (Å²) >= 11 is 3.13. The van der Waals surface area contributed by atoms with Crippen molar-refractivity contribution in [2.45, 2.75) is 32.7 Å². The highest BCUT2D eigenvalue weighted by atomic mass is 79.9. The van der Waals surface area contributed by atoms with Crippen LogP contribution >= 0.6 is 15.9 Å². The van der Waals surface area contributed by atoms with Crippen LogP contribution in [0.2, 0.25) is 0 Å². The van der Waals surface area contributed by atoms with Gasteiger partial charge < -0.3 is 9.80 Å². The van der Waals surface area contributed by atoms with Gasteiger partial charge in [-0.25, -0.2) is 4.39 Å². The normalized spacial score (nSPS) is 16.5. The molecule has 0 saturated carbocycles. The van der Waals surface area contributed by atoms with Crippen LogP contribution in [-0.4, -0.2) is 47.9 Å². The molecule has 0 spiro atoms. The van der Waals surface area contributed by atoms with Crippen LogP contribution in [0.5, 0.6) is 0 Å². The van der Waals surface area contributed by atoms with E-state index in [1.165, 1.54) is 0 Å². The molecule has 1 saturated heterocycles. The highest BCUT2D eigenvalue weighted by Gasteiger charge is 2.27. The average Bonchev–Trinajstić information content (AvgIpc) is 2.51. The fraction of sp³-hybridized carbons (Fsp3) is 0.562. The Bertz CT molecular complexity index is 497. The number of benzene rings is 1. The third kappa shape index (κ3) is 3.64. The largest absolute Gasteiger partial charge is 0.338 e. The zero-order valence-corrected chi connectivity index (χ0v) is 14.2. The van der Waals surface area contributed by atoms with Crippen molar-refractivity contribution >= 4 is 21.8 Å². The zero-order valence-electron chi connectivity index (χ0n) is 12.6. The van der Waals surface area contributed by atoms with Gasteiger partial charge in [-0.1, -0.05) is 19.9 Å². The molecule has 1 aromatic rings. The SMILES string of the molecule is CCN(CC)C1CCN(C(=O)c2cccc(Br)c2F)CC1. The first-order valence-corrected chi connectivity index (χ1v) is 8.35. The maximum Gasteiger partial charge on any atom is 0.256 e. The quantitative estimate of drug-likeness (QED) is 0.823. The van der Waals surface area contributed by atoms with Gasteiger partial charge in [-0.15, -0.1) is 0 Å². The predicted octanol–water partition coefficient (Wildman–Crippen LogP) is 3.53. The van der Waals surface area contributed by atoms with Gasteiger partial charge >= 0.3 is 0 Å². The summed E-state index contributed by atoms with van der Waals surface area (Å²) in [7, 11) is 0. The van der Waals surface area contributed by atoms with E-state index in [-0.39, 0.29) is 11.5 Å². The van der Waals surface area contributed by atoms with Gasteiger partial charge in [0.25, 0.3) is 5.91 Å². The third-order valence-electron chi connectivity index (χ3n) is 4.26. The van der Waals surface area contributed by atoms with Gasteiger partial charge in [-0.2, -0.15) is 0 Å². The fourth-order valence-corrected chi connectivity index (χ4v) is 3.38. The number of halogens is 2. The van der Waals surface area contributed by atoms with Gasteiger partial charge in [0, 0.05) is 19.1 Å². The average molecular weight is 357 g/mol. The van der Waals surface area contributed by atoms with Crippen molar-refractivity contribution in [1.82, 2.24) is 9.80 Å². The third-order valence-corrected chi connectivity index (χ3v) is 4.87. The number of hydrogen-bond donors (Lipinski definition) is 0. The maximum absolute atomic E-state index is 14.0. The second-order valence-corrected chi connectivity index (χ2v) is 6.20. The lowest BCUT2D eigenvalue weighted by Crippen LogP contribution is -2.46. The topological polar surface area (TPSA) is 23.6 Å². The smallest absolute Gasteiger partial charge is 0.256 e. The van der Waals surface area contributed by atoms with E-state index in [0.717, 1.165) is 25.9 Å². The van der Waals surface area contributed by atoms with Crippen molar-refractivity contribution in [1.29, 1.82) is 0 Å². The molecule has 1 fully saturated rings. The Hall–Kier alpha value is -0.940. The van der Waals surface area contributed by atoms with Gasteiger partial charge in [-0.05, 0) is 54.0 Å². The number of amides is 1. The van der Waals surface area contributed by atoms with Crippen LogP contribution in [0.4, 0.5) is 4.39 Å². The van der Waals surface area contributed by atoms with Crippen LogP contribution in [0.3, 0.4) is 0 Å². The summed E-state index contributed by atoms with van der Waals surface area (Å²) in [6.07, 6.45) is 1.92. The number of nitrogens with zero attached hydrogens (tertiary/aromatic N) is 2. The van der Waals surface area contributed by atoms with E-state index >= 15 is 0 Å². The molecule has 1 aromatic carbocycles. The van der Waals surface area contributed by atoms with Crippen LogP contribution in [-0.2, 0) is 0 Å². The van der Waals surface area contributed by atoms with Crippen LogP contribution in [0.1, 0.15) is 37.0 Å². The van der Waals surface area contributed by atoms with E-state index in [9.17, 15) is 9.18 Å². The molecule has 21 heavy (non-hydrogen) atoms. The minimum absolute atomic E-state index is 0.158. The maximum atomic E-state index is 14.0. The molecule has 0 aromatic heterocycles. The summed E-state index contributed by atoms with van der Waals surface area (Å²) in [6, 6.07) is 5.40. The van der Waals surface area contributed by atoms with Crippen LogP contribution in [0, 0.1) is 5.82 Å². The summed E-state index contributed by atoms with van der Waals surface area (Å²) in [5.41, 5.74) is 0.158. The van der Waals surface area contributed by atoms with Crippen LogP contribution in [0.15, 0.2) is 22.7 Å². The molecule has 0 atom stereocenters. The monoisotopic (exact) mass is 356 g/mol.